The van der Waals surface area contributed by atoms with Crippen molar-refractivity contribution < 1.29 is 9.53 Å². The van der Waals surface area contributed by atoms with Gasteiger partial charge in [-0.15, -0.1) is 11.8 Å². The standard InChI is InChI=1S/C18H21NO2S/c1-3-21-16-11-7-5-9-14(16)13-19-18(20)15-10-6-8-12-17(15)22-4-2/h5-12H,3-4,13H2,1-2H3,(H,19,20). The Bertz CT molecular complexity index is 628. The molecule has 0 saturated carbocycles. The van der Waals surface area contributed by atoms with Crippen LogP contribution < -0.4 is 10.1 Å². The summed E-state index contributed by atoms with van der Waals surface area (Å²) in [6.07, 6.45) is 0. The van der Waals surface area contributed by atoms with E-state index >= 15 is 0 Å². The van der Waals surface area contributed by atoms with E-state index in [9.17, 15) is 4.79 Å². The van der Waals surface area contributed by atoms with Crippen LogP contribution >= 0.6 is 11.8 Å². The van der Waals surface area contributed by atoms with Crippen molar-refractivity contribution in [3.63, 3.8) is 0 Å². The largest absolute Gasteiger partial charge is 0.494 e. The van der Waals surface area contributed by atoms with Gasteiger partial charge in [-0.3, -0.25) is 4.79 Å². The van der Waals surface area contributed by atoms with Gasteiger partial charge >= 0.3 is 0 Å². The van der Waals surface area contributed by atoms with E-state index in [0.717, 1.165) is 27.5 Å². The fourth-order valence-electron chi connectivity index (χ4n) is 2.15. The SMILES string of the molecule is CCOc1ccccc1CNC(=O)c1ccccc1SCC. The molecule has 0 aliphatic carbocycles. The van der Waals surface area contributed by atoms with Gasteiger partial charge in [-0.25, -0.2) is 0 Å². The molecule has 0 unspecified atom stereocenters. The summed E-state index contributed by atoms with van der Waals surface area (Å²) in [5, 5.41) is 2.98. The molecule has 0 aliphatic rings. The molecule has 3 nitrogen and oxygen atoms in total. The number of hydrogen-bond donors (Lipinski definition) is 1. The van der Waals surface area contributed by atoms with Gasteiger partial charge in [0.1, 0.15) is 5.75 Å². The molecule has 0 bridgehead atoms. The highest BCUT2D eigenvalue weighted by molar-refractivity contribution is 7.99. The molecule has 0 heterocycles. The predicted molar refractivity (Wildman–Crippen MR) is 91.6 cm³/mol. The van der Waals surface area contributed by atoms with Crippen LogP contribution in [0, 0.1) is 0 Å². The van der Waals surface area contributed by atoms with Crippen molar-refractivity contribution in [1.82, 2.24) is 5.32 Å². The first-order chi connectivity index (χ1) is 10.8. The lowest BCUT2D eigenvalue weighted by Gasteiger charge is -2.12. The zero-order valence-electron chi connectivity index (χ0n) is 13.0. The van der Waals surface area contributed by atoms with Crippen molar-refractivity contribution in [2.75, 3.05) is 12.4 Å². The molecule has 116 valence electrons. The molecular weight excluding hydrogens is 294 g/mol. The van der Waals surface area contributed by atoms with E-state index in [4.69, 9.17) is 4.74 Å². The lowest BCUT2D eigenvalue weighted by atomic mass is 10.1. The van der Waals surface area contributed by atoms with Crippen LogP contribution in [0.4, 0.5) is 0 Å². The Labute approximate surface area is 136 Å². The van der Waals surface area contributed by atoms with Crippen molar-refractivity contribution in [1.29, 1.82) is 0 Å². The maximum Gasteiger partial charge on any atom is 0.252 e. The third kappa shape index (κ3) is 4.28. The third-order valence-corrected chi connectivity index (χ3v) is 4.10. The van der Waals surface area contributed by atoms with Crippen LogP contribution in [0.1, 0.15) is 29.8 Å². The first-order valence-corrected chi connectivity index (χ1v) is 8.45. The van der Waals surface area contributed by atoms with Crippen LogP contribution in [0.15, 0.2) is 53.4 Å². The van der Waals surface area contributed by atoms with E-state index in [1.54, 1.807) is 11.8 Å². The molecule has 0 saturated heterocycles. The van der Waals surface area contributed by atoms with E-state index in [0.29, 0.717) is 13.2 Å². The molecule has 0 fully saturated rings. The molecule has 22 heavy (non-hydrogen) atoms. The zero-order valence-corrected chi connectivity index (χ0v) is 13.8. The second-order valence-electron chi connectivity index (χ2n) is 4.65. The zero-order chi connectivity index (χ0) is 15.8. The summed E-state index contributed by atoms with van der Waals surface area (Å²) in [6, 6.07) is 15.5. The number of thioether (sulfide) groups is 1. The molecule has 2 rings (SSSR count). The van der Waals surface area contributed by atoms with Crippen LogP contribution in [0.25, 0.3) is 0 Å². The summed E-state index contributed by atoms with van der Waals surface area (Å²) < 4.78 is 5.58. The monoisotopic (exact) mass is 315 g/mol. The van der Waals surface area contributed by atoms with Gasteiger partial charge in [0.05, 0.1) is 12.2 Å². The van der Waals surface area contributed by atoms with Gasteiger partial charge in [0.2, 0.25) is 0 Å². The smallest absolute Gasteiger partial charge is 0.252 e. The van der Waals surface area contributed by atoms with Gasteiger partial charge in [0, 0.05) is 17.0 Å². The number of benzene rings is 2. The summed E-state index contributed by atoms with van der Waals surface area (Å²) in [5.41, 5.74) is 1.71. The van der Waals surface area contributed by atoms with Gasteiger partial charge in [-0.05, 0) is 30.9 Å². The number of ether oxygens (including phenoxy) is 1. The van der Waals surface area contributed by atoms with Crippen molar-refractivity contribution in [3.05, 3.63) is 59.7 Å². The van der Waals surface area contributed by atoms with Gasteiger partial charge in [0.15, 0.2) is 0 Å². The molecule has 0 aliphatic heterocycles. The van der Waals surface area contributed by atoms with E-state index < -0.39 is 0 Å². The third-order valence-electron chi connectivity index (χ3n) is 3.14. The number of amides is 1. The summed E-state index contributed by atoms with van der Waals surface area (Å²) in [4.78, 5) is 13.4. The molecule has 1 amide bonds. The number of rotatable bonds is 7. The quantitative estimate of drug-likeness (QED) is 0.781. The average Bonchev–Trinajstić information content (AvgIpc) is 2.55. The molecular formula is C18H21NO2S. The van der Waals surface area contributed by atoms with Crippen LogP contribution in [0.3, 0.4) is 0 Å². The maximum atomic E-state index is 12.4. The van der Waals surface area contributed by atoms with Crippen LogP contribution in [-0.2, 0) is 6.54 Å². The average molecular weight is 315 g/mol. The van der Waals surface area contributed by atoms with Crippen LogP contribution in [0.5, 0.6) is 5.75 Å². The van der Waals surface area contributed by atoms with Crippen LogP contribution in [0.2, 0.25) is 0 Å². The maximum absolute atomic E-state index is 12.4. The van der Waals surface area contributed by atoms with Gasteiger partial charge in [-0.2, -0.15) is 0 Å². The fraction of sp³-hybridized carbons (Fsp3) is 0.278. The van der Waals surface area contributed by atoms with E-state index in [2.05, 4.69) is 12.2 Å². The first kappa shape index (κ1) is 16.4. The van der Waals surface area contributed by atoms with Crippen LogP contribution in [-0.4, -0.2) is 18.3 Å². The second-order valence-corrected chi connectivity index (χ2v) is 5.96. The lowest BCUT2D eigenvalue weighted by Crippen LogP contribution is -2.23. The van der Waals surface area contributed by atoms with Crippen molar-refractivity contribution in [2.45, 2.75) is 25.3 Å². The summed E-state index contributed by atoms with van der Waals surface area (Å²) in [7, 11) is 0. The highest BCUT2D eigenvalue weighted by Crippen LogP contribution is 2.23. The number of hydrogen-bond acceptors (Lipinski definition) is 3. The van der Waals surface area contributed by atoms with E-state index in [1.165, 1.54) is 0 Å². The molecule has 0 radical (unpaired) electrons. The molecule has 2 aromatic rings. The molecule has 0 aromatic heterocycles. The molecule has 2 aromatic carbocycles. The minimum absolute atomic E-state index is 0.0529. The summed E-state index contributed by atoms with van der Waals surface area (Å²) >= 11 is 1.68. The van der Waals surface area contributed by atoms with Crippen molar-refractivity contribution in [3.8, 4) is 5.75 Å². The Kier molecular flexibility index (Phi) is 6.34. The number of para-hydroxylation sites is 1. The number of carbonyl (C=O) groups excluding carboxylic acids is 1. The Balaban J connectivity index is 2.07. The number of carbonyl (C=O) groups is 1. The normalized spacial score (nSPS) is 10.3. The second kappa shape index (κ2) is 8.49. The first-order valence-electron chi connectivity index (χ1n) is 7.47. The lowest BCUT2D eigenvalue weighted by molar-refractivity contribution is 0.0947. The topological polar surface area (TPSA) is 38.3 Å². The Hall–Kier alpha value is -1.94. The molecule has 1 N–H and O–H groups in total. The molecule has 0 atom stereocenters. The molecule has 0 spiro atoms. The fourth-order valence-corrected chi connectivity index (χ4v) is 2.95. The Morgan fingerprint density at radius 1 is 1.09 bits per heavy atom. The minimum atomic E-state index is -0.0529. The Morgan fingerprint density at radius 3 is 2.59 bits per heavy atom. The minimum Gasteiger partial charge on any atom is -0.494 e. The van der Waals surface area contributed by atoms with Crippen molar-refractivity contribution in [2.24, 2.45) is 0 Å². The highest BCUT2D eigenvalue weighted by Gasteiger charge is 2.11. The van der Waals surface area contributed by atoms with Gasteiger partial charge in [-0.1, -0.05) is 37.3 Å². The summed E-state index contributed by atoms with van der Waals surface area (Å²) in [5.74, 6) is 1.71. The predicted octanol–water partition coefficient (Wildman–Crippen LogP) is 4.13. The van der Waals surface area contributed by atoms with Gasteiger partial charge in [0.25, 0.3) is 5.91 Å². The Morgan fingerprint density at radius 2 is 1.82 bits per heavy atom. The molecule has 4 heteroatoms. The van der Waals surface area contributed by atoms with E-state index in [1.807, 2.05) is 55.5 Å². The number of nitrogens with one attached hydrogen (secondary N) is 1. The van der Waals surface area contributed by atoms with Crippen molar-refractivity contribution >= 4 is 17.7 Å². The highest BCUT2D eigenvalue weighted by atomic mass is 32.2. The van der Waals surface area contributed by atoms with Gasteiger partial charge < -0.3 is 10.1 Å². The van der Waals surface area contributed by atoms with E-state index in [-0.39, 0.29) is 5.91 Å². The summed E-state index contributed by atoms with van der Waals surface area (Å²) in [6.45, 7) is 5.10.